The normalized spacial score (nSPS) is 20.3. The van der Waals surface area contributed by atoms with Gasteiger partial charge in [-0.3, -0.25) is 0 Å². The van der Waals surface area contributed by atoms with Gasteiger partial charge in [0.25, 0.3) is 0 Å². The van der Waals surface area contributed by atoms with Crippen molar-refractivity contribution in [3.05, 3.63) is 11.6 Å². The maximum Gasteiger partial charge on any atom is 0.226 e. The van der Waals surface area contributed by atoms with E-state index in [1.165, 1.54) is 13.0 Å². The molecule has 0 aliphatic carbocycles. The van der Waals surface area contributed by atoms with Crippen LogP contribution < -0.4 is 4.90 Å². The molecule has 1 aliphatic heterocycles. The number of hydrogen-bond donors (Lipinski definition) is 1. The molecule has 1 atom stereocenters. The molecule has 6 nitrogen and oxygen atoms in total. The number of aromatic nitrogens is 4. The predicted octanol–water partition coefficient (Wildman–Crippen LogP) is 1.39. The molecule has 1 unspecified atom stereocenters. The Kier molecular flexibility index (Phi) is 3.28. The van der Waals surface area contributed by atoms with E-state index >= 15 is 0 Å². The van der Waals surface area contributed by atoms with Crippen LogP contribution in [0, 0.1) is 5.92 Å². The highest BCUT2D eigenvalue weighted by Gasteiger charge is 2.22. The lowest BCUT2D eigenvalue weighted by Gasteiger charge is -2.22. The minimum absolute atomic E-state index is 0.241. The Morgan fingerprint density at radius 2 is 2.37 bits per heavy atom. The van der Waals surface area contributed by atoms with E-state index < -0.39 is 0 Å². The third-order valence-electron chi connectivity index (χ3n) is 3.62. The molecule has 0 amide bonds. The summed E-state index contributed by atoms with van der Waals surface area (Å²) >= 11 is 5.95. The molecule has 102 valence electrons. The quantitative estimate of drug-likeness (QED) is 0.861. The third kappa shape index (κ3) is 2.50. The first-order valence-corrected chi connectivity index (χ1v) is 6.77. The van der Waals surface area contributed by atoms with Crippen LogP contribution in [-0.2, 0) is 0 Å². The van der Waals surface area contributed by atoms with E-state index in [9.17, 15) is 0 Å². The fourth-order valence-electron chi connectivity index (χ4n) is 2.72. The number of halogens is 1. The molecule has 1 N–H and O–H groups in total. The van der Waals surface area contributed by atoms with Gasteiger partial charge in [-0.25, -0.2) is 4.98 Å². The molecule has 0 saturated carbocycles. The van der Waals surface area contributed by atoms with Crippen LogP contribution in [0.3, 0.4) is 0 Å². The molecule has 3 rings (SSSR count). The van der Waals surface area contributed by atoms with Gasteiger partial charge in [-0.2, -0.15) is 9.97 Å². The summed E-state index contributed by atoms with van der Waals surface area (Å²) in [5, 5.41) is 0.241. The van der Waals surface area contributed by atoms with Crippen LogP contribution in [0.4, 0.5) is 5.82 Å². The van der Waals surface area contributed by atoms with Gasteiger partial charge in [-0.1, -0.05) is 0 Å². The number of anilines is 1. The van der Waals surface area contributed by atoms with Crippen molar-refractivity contribution in [1.82, 2.24) is 24.8 Å². The Balaban J connectivity index is 1.84. The van der Waals surface area contributed by atoms with Gasteiger partial charge in [-0.15, -0.1) is 0 Å². The SMILES string of the molecule is CN1CCC(CN(C)c2nc(Cl)nc3nc[nH]c23)C1. The monoisotopic (exact) mass is 280 g/mol. The third-order valence-corrected chi connectivity index (χ3v) is 3.79. The van der Waals surface area contributed by atoms with Crippen molar-refractivity contribution in [2.75, 3.05) is 38.6 Å². The van der Waals surface area contributed by atoms with Crippen LogP contribution in [0.1, 0.15) is 6.42 Å². The summed E-state index contributed by atoms with van der Waals surface area (Å²) in [6, 6.07) is 0. The molecular formula is C12H17ClN6. The fourth-order valence-corrected chi connectivity index (χ4v) is 2.88. The van der Waals surface area contributed by atoms with E-state index in [-0.39, 0.29) is 5.28 Å². The van der Waals surface area contributed by atoms with Crippen LogP contribution in [-0.4, -0.2) is 58.6 Å². The molecule has 2 aromatic rings. The van der Waals surface area contributed by atoms with Crippen molar-refractivity contribution in [2.24, 2.45) is 5.92 Å². The number of imidazole rings is 1. The Hall–Kier alpha value is -1.40. The molecule has 0 radical (unpaired) electrons. The van der Waals surface area contributed by atoms with E-state index in [2.05, 4.69) is 36.8 Å². The number of nitrogens with one attached hydrogen (secondary N) is 1. The average Bonchev–Trinajstić information content (AvgIpc) is 2.96. The summed E-state index contributed by atoms with van der Waals surface area (Å²) < 4.78 is 0. The maximum atomic E-state index is 5.95. The lowest BCUT2D eigenvalue weighted by atomic mass is 10.1. The number of likely N-dealkylation sites (tertiary alicyclic amines) is 1. The largest absolute Gasteiger partial charge is 0.357 e. The molecule has 3 heterocycles. The van der Waals surface area contributed by atoms with Crippen molar-refractivity contribution >= 4 is 28.6 Å². The zero-order valence-corrected chi connectivity index (χ0v) is 11.9. The first-order valence-electron chi connectivity index (χ1n) is 6.40. The van der Waals surface area contributed by atoms with Crippen LogP contribution in [0.2, 0.25) is 5.28 Å². The number of hydrogen-bond acceptors (Lipinski definition) is 5. The number of rotatable bonds is 3. The zero-order chi connectivity index (χ0) is 13.4. The number of H-pyrrole nitrogens is 1. The molecule has 2 aromatic heterocycles. The van der Waals surface area contributed by atoms with Crippen LogP contribution in [0.25, 0.3) is 11.2 Å². The Morgan fingerprint density at radius 1 is 1.53 bits per heavy atom. The van der Waals surface area contributed by atoms with Gasteiger partial charge in [0.1, 0.15) is 5.52 Å². The maximum absolute atomic E-state index is 5.95. The minimum Gasteiger partial charge on any atom is -0.357 e. The lowest BCUT2D eigenvalue weighted by molar-refractivity contribution is 0.395. The van der Waals surface area contributed by atoms with E-state index in [4.69, 9.17) is 11.6 Å². The van der Waals surface area contributed by atoms with E-state index in [0.717, 1.165) is 24.4 Å². The summed E-state index contributed by atoms with van der Waals surface area (Å²) in [6.07, 6.45) is 2.85. The van der Waals surface area contributed by atoms with Gasteiger partial charge in [-0.05, 0) is 37.5 Å². The molecule has 0 spiro atoms. The number of nitrogens with zero attached hydrogens (tertiary/aromatic N) is 5. The highest BCUT2D eigenvalue weighted by atomic mass is 35.5. The average molecular weight is 281 g/mol. The topological polar surface area (TPSA) is 60.9 Å². The van der Waals surface area contributed by atoms with Gasteiger partial charge >= 0.3 is 0 Å². The Labute approximate surface area is 116 Å². The highest BCUT2D eigenvalue weighted by molar-refractivity contribution is 6.28. The van der Waals surface area contributed by atoms with Gasteiger partial charge in [0.2, 0.25) is 5.28 Å². The van der Waals surface area contributed by atoms with E-state index in [0.29, 0.717) is 11.6 Å². The Morgan fingerprint density at radius 3 is 3.11 bits per heavy atom. The van der Waals surface area contributed by atoms with Crippen LogP contribution >= 0.6 is 11.6 Å². The minimum atomic E-state index is 0.241. The number of fused-ring (bicyclic) bond motifs is 1. The molecular weight excluding hydrogens is 264 g/mol. The lowest BCUT2D eigenvalue weighted by Crippen LogP contribution is -2.28. The summed E-state index contributed by atoms with van der Waals surface area (Å²) in [7, 11) is 4.20. The summed E-state index contributed by atoms with van der Waals surface area (Å²) in [5.74, 6) is 1.49. The van der Waals surface area contributed by atoms with Crippen molar-refractivity contribution in [2.45, 2.75) is 6.42 Å². The van der Waals surface area contributed by atoms with Crippen molar-refractivity contribution < 1.29 is 0 Å². The van der Waals surface area contributed by atoms with Crippen molar-refractivity contribution in [3.63, 3.8) is 0 Å². The second-order valence-electron chi connectivity index (χ2n) is 5.21. The second kappa shape index (κ2) is 4.94. The zero-order valence-electron chi connectivity index (χ0n) is 11.1. The van der Waals surface area contributed by atoms with Gasteiger partial charge in [0.05, 0.1) is 6.33 Å². The van der Waals surface area contributed by atoms with Crippen LogP contribution in [0.15, 0.2) is 6.33 Å². The standard InChI is InChI=1S/C12H17ClN6/c1-18-4-3-8(5-18)6-19(2)11-9-10(15-7-14-9)16-12(13)17-11/h7-8H,3-6H2,1-2H3,(H,14,15,16,17). The first-order chi connectivity index (χ1) is 9.13. The van der Waals surface area contributed by atoms with Gasteiger partial charge in [0, 0.05) is 20.1 Å². The summed E-state index contributed by atoms with van der Waals surface area (Å²) in [6.45, 7) is 3.27. The van der Waals surface area contributed by atoms with Crippen molar-refractivity contribution in [1.29, 1.82) is 0 Å². The molecule has 1 aliphatic rings. The summed E-state index contributed by atoms with van der Waals surface area (Å²) in [4.78, 5) is 20.1. The fraction of sp³-hybridized carbons (Fsp3) is 0.583. The van der Waals surface area contributed by atoms with Crippen LogP contribution in [0.5, 0.6) is 0 Å². The van der Waals surface area contributed by atoms with E-state index in [1.54, 1.807) is 6.33 Å². The van der Waals surface area contributed by atoms with Gasteiger partial charge in [0.15, 0.2) is 11.5 Å². The molecule has 1 fully saturated rings. The van der Waals surface area contributed by atoms with Crippen molar-refractivity contribution in [3.8, 4) is 0 Å². The summed E-state index contributed by atoms with van der Waals surface area (Å²) in [5.41, 5.74) is 1.46. The number of aromatic amines is 1. The molecule has 19 heavy (non-hydrogen) atoms. The molecule has 0 bridgehead atoms. The molecule has 7 heteroatoms. The molecule has 1 saturated heterocycles. The molecule has 0 aromatic carbocycles. The highest BCUT2D eigenvalue weighted by Crippen LogP contribution is 2.24. The van der Waals surface area contributed by atoms with Gasteiger partial charge < -0.3 is 14.8 Å². The predicted molar refractivity (Wildman–Crippen MR) is 75.6 cm³/mol. The Bertz CT molecular complexity index is 583. The van der Waals surface area contributed by atoms with E-state index in [1.807, 2.05) is 7.05 Å². The second-order valence-corrected chi connectivity index (χ2v) is 5.55. The first kappa shape index (κ1) is 12.6. The smallest absolute Gasteiger partial charge is 0.226 e.